The van der Waals surface area contributed by atoms with Gasteiger partial charge in [0.05, 0.1) is 5.69 Å². The van der Waals surface area contributed by atoms with Gasteiger partial charge >= 0.3 is 6.09 Å². The van der Waals surface area contributed by atoms with Gasteiger partial charge < -0.3 is 15.8 Å². The number of hydrogen-bond acceptors (Lipinski definition) is 3. The number of nitrogens with two attached hydrogens (primary N) is 1. The van der Waals surface area contributed by atoms with Crippen LogP contribution in [0.4, 0.5) is 14.9 Å². The molecule has 1 aromatic rings. The van der Waals surface area contributed by atoms with Gasteiger partial charge in [-0.05, 0) is 33.3 Å². The molecule has 0 aliphatic rings. The van der Waals surface area contributed by atoms with Crippen LogP contribution in [0.2, 0.25) is 0 Å². The maximum absolute atomic E-state index is 13.2. The van der Waals surface area contributed by atoms with E-state index in [-0.39, 0.29) is 5.69 Å². The molecule has 0 unspecified atom stereocenters. The minimum Gasteiger partial charge on any atom is -0.444 e. The van der Waals surface area contributed by atoms with Crippen LogP contribution in [-0.4, -0.2) is 18.2 Å². The SMILES string of the molecule is CC(C)(C)OC(=O)NCCC=Cc1cccc(F)c1N. The molecule has 0 aromatic heterocycles. The van der Waals surface area contributed by atoms with E-state index in [1.165, 1.54) is 6.07 Å². The molecule has 0 bridgehead atoms. The molecule has 0 radical (unpaired) electrons. The first kappa shape index (κ1) is 16.0. The van der Waals surface area contributed by atoms with Crippen molar-refractivity contribution in [3.8, 4) is 0 Å². The summed E-state index contributed by atoms with van der Waals surface area (Å²) in [6.45, 7) is 5.86. The van der Waals surface area contributed by atoms with Crippen LogP contribution in [-0.2, 0) is 4.74 Å². The fourth-order valence-corrected chi connectivity index (χ4v) is 1.48. The summed E-state index contributed by atoms with van der Waals surface area (Å²) in [7, 11) is 0. The van der Waals surface area contributed by atoms with Crippen LogP contribution in [0.3, 0.4) is 0 Å². The lowest BCUT2D eigenvalue weighted by atomic mass is 10.1. The van der Waals surface area contributed by atoms with E-state index in [1.54, 1.807) is 39.0 Å². The zero-order valence-electron chi connectivity index (χ0n) is 12.1. The van der Waals surface area contributed by atoms with Crippen molar-refractivity contribution in [3.05, 3.63) is 35.7 Å². The number of alkyl carbamates (subject to hydrolysis) is 1. The number of carbonyl (C=O) groups excluding carboxylic acids is 1. The summed E-state index contributed by atoms with van der Waals surface area (Å²) in [5.74, 6) is -0.431. The molecule has 0 aliphatic carbocycles. The monoisotopic (exact) mass is 280 g/mol. The summed E-state index contributed by atoms with van der Waals surface area (Å²) >= 11 is 0. The predicted molar refractivity (Wildman–Crippen MR) is 78.7 cm³/mol. The zero-order chi connectivity index (χ0) is 15.2. The molecule has 3 N–H and O–H groups in total. The van der Waals surface area contributed by atoms with Gasteiger partial charge in [-0.25, -0.2) is 9.18 Å². The predicted octanol–water partition coefficient (Wildman–Crippen LogP) is 3.34. The molecule has 0 saturated heterocycles. The fourth-order valence-electron chi connectivity index (χ4n) is 1.48. The van der Waals surface area contributed by atoms with Gasteiger partial charge in [0.2, 0.25) is 0 Å². The van der Waals surface area contributed by atoms with Crippen molar-refractivity contribution in [2.75, 3.05) is 12.3 Å². The van der Waals surface area contributed by atoms with Crippen molar-refractivity contribution in [1.29, 1.82) is 0 Å². The number of carbonyl (C=O) groups is 1. The number of amides is 1. The first-order valence-corrected chi connectivity index (χ1v) is 6.47. The van der Waals surface area contributed by atoms with E-state index in [2.05, 4.69) is 5.32 Å². The topological polar surface area (TPSA) is 64.3 Å². The van der Waals surface area contributed by atoms with Crippen molar-refractivity contribution < 1.29 is 13.9 Å². The van der Waals surface area contributed by atoms with Crippen LogP contribution in [0.5, 0.6) is 0 Å². The van der Waals surface area contributed by atoms with E-state index in [4.69, 9.17) is 10.5 Å². The number of halogens is 1. The molecule has 20 heavy (non-hydrogen) atoms. The van der Waals surface area contributed by atoms with Gasteiger partial charge in [0.25, 0.3) is 0 Å². The van der Waals surface area contributed by atoms with E-state index in [1.807, 2.05) is 6.08 Å². The second-order valence-corrected chi connectivity index (χ2v) is 5.36. The number of nitrogens with one attached hydrogen (secondary N) is 1. The van der Waals surface area contributed by atoms with E-state index in [0.29, 0.717) is 18.5 Å². The van der Waals surface area contributed by atoms with Gasteiger partial charge in [-0.15, -0.1) is 0 Å². The minimum absolute atomic E-state index is 0.129. The summed E-state index contributed by atoms with van der Waals surface area (Å²) in [5.41, 5.74) is 5.85. The van der Waals surface area contributed by atoms with Crippen molar-refractivity contribution in [1.82, 2.24) is 5.32 Å². The van der Waals surface area contributed by atoms with Crippen molar-refractivity contribution in [2.45, 2.75) is 32.8 Å². The van der Waals surface area contributed by atoms with E-state index < -0.39 is 17.5 Å². The molecule has 0 fully saturated rings. The third kappa shape index (κ3) is 5.73. The molecule has 1 aromatic carbocycles. The van der Waals surface area contributed by atoms with E-state index in [9.17, 15) is 9.18 Å². The Bertz CT molecular complexity index is 493. The maximum atomic E-state index is 13.2. The maximum Gasteiger partial charge on any atom is 0.407 e. The quantitative estimate of drug-likeness (QED) is 0.656. The average molecular weight is 280 g/mol. The van der Waals surface area contributed by atoms with Gasteiger partial charge in [-0.2, -0.15) is 0 Å². The lowest BCUT2D eigenvalue weighted by Crippen LogP contribution is -2.32. The van der Waals surface area contributed by atoms with Crippen LogP contribution in [0.15, 0.2) is 24.3 Å². The summed E-state index contributed by atoms with van der Waals surface area (Å²) < 4.78 is 18.3. The van der Waals surface area contributed by atoms with Crippen LogP contribution >= 0.6 is 0 Å². The molecule has 0 aliphatic heterocycles. The highest BCUT2D eigenvalue weighted by molar-refractivity contribution is 5.67. The van der Waals surface area contributed by atoms with Crippen molar-refractivity contribution in [3.63, 3.8) is 0 Å². The molecule has 5 heteroatoms. The Morgan fingerprint density at radius 1 is 1.45 bits per heavy atom. The average Bonchev–Trinajstić information content (AvgIpc) is 2.31. The highest BCUT2D eigenvalue weighted by Gasteiger charge is 2.15. The second kappa shape index (κ2) is 6.93. The number of hydrogen-bond donors (Lipinski definition) is 2. The van der Waals surface area contributed by atoms with Crippen molar-refractivity contribution in [2.24, 2.45) is 0 Å². The van der Waals surface area contributed by atoms with Crippen molar-refractivity contribution >= 4 is 17.9 Å². The van der Waals surface area contributed by atoms with Gasteiger partial charge in [-0.1, -0.05) is 24.3 Å². The number of para-hydroxylation sites is 1. The Balaban J connectivity index is 2.36. The highest BCUT2D eigenvalue weighted by atomic mass is 19.1. The van der Waals surface area contributed by atoms with Gasteiger partial charge in [0, 0.05) is 12.1 Å². The summed E-state index contributed by atoms with van der Waals surface area (Å²) in [5, 5.41) is 2.63. The fraction of sp³-hybridized carbons (Fsp3) is 0.400. The minimum atomic E-state index is -0.504. The molecule has 1 rings (SSSR count). The van der Waals surface area contributed by atoms with E-state index >= 15 is 0 Å². The second-order valence-electron chi connectivity index (χ2n) is 5.36. The smallest absolute Gasteiger partial charge is 0.407 e. The molecule has 0 spiro atoms. The molecular formula is C15H21FN2O2. The largest absolute Gasteiger partial charge is 0.444 e. The van der Waals surface area contributed by atoms with Crippen LogP contribution in [0.1, 0.15) is 32.8 Å². The summed E-state index contributed by atoms with van der Waals surface area (Å²) in [6, 6.07) is 4.65. The Kier molecular flexibility index (Phi) is 5.55. The van der Waals surface area contributed by atoms with Gasteiger partial charge in [0.1, 0.15) is 11.4 Å². The molecule has 0 heterocycles. The van der Waals surface area contributed by atoms with Crippen LogP contribution in [0.25, 0.3) is 6.08 Å². The molecule has 0 atom stereocenters. The Labute approximate surface area is 118 Å². The number of rotatable bonds is 4. The first-order chi connectivity index (χ1) is 9.29. The molecule has 1 amide bonds. The number of nitrogen functional groups attached to an aromatic ring is 1. The van der Waals surface area contributed by atoms with Gasteiger partial charge in [0.15, 0.2) is 0 Å². The lowest BCUT2D eigenvalue weighted by molar-refractivity contribution is 0.0529. The first-order valence-electron chi connectivity index (χ1n) is 6.47. The summed E-state index contributed by atoms with van der Waals surface area (Å²) in [4.78, 5) is 11.4. The Hall–Kier alpha value is -2.04. The molecular weight excluding hydrogens is 259 g/mol. The third-order valence-corrected chi connectivity index (χ3v) is 2.36. The Morgan fingerprint density at radius 3 is 2.80 bits per heavy atom. The number of anilines is 1. The third-order valence-electron chi connectivity index (χ3n) is 2.36. The van der Waals surface area contributed by atoms with Crippen LogP contribution < -0.4 is 11.1 Å². The van der Waals surface area contributed by atoms with E-state index in [0.717, 1.165) is 0 Å². The molecule has 0 saturated carbocycles. The number of benzene rings is 1. The molecule has 110 valence electrons. The zero-order valence-corrected chi connectivity index (χ0v) is 12.1. The van der Waals surface area contributed by atoms with Crippen LogP contribution in [0, 0.1) is 5.82 Å². The Morgan fingerprint density at radius 2 is 2.15 bits per heavy atom. The van der Waals surface area contributed by atoms with Gasteiger partial charge in [-0.3, -0.25) is 0 Å². The molecule has 4 nitrogen and oxygen atoms in total. The standard InChI is InChI=1S/C15H21FN2O2/c1-15(2,3)20-14(19)18-10-5-4-7-11-8-6-9-12(16)13(11)17/h4,6-9H,5,10,17H2,1-3H3,(H,18,19). The summed E-state index contributed by atoms with van der Waals surface area (Å²) in [6.07, 6.45) is 3.71. The lowest BCUT2D eigenvalue weighted by Gasteiger charge is -2.19. The normalized spacial score (nSPS) is 11.6. The number of ether oxygens (including phenoxy) is 1. The highest BCUT2D eigenvalue weighted by Crippen LogP contribution is 2.17.